The van der Waals surface area contributed by atoms with Gasteiger partial charge < -0.3 is 10.0 Å². The zero-order valence-corrected chi connectivity index (χ0v) is 10.1. The molecular formula is C12H21NO2. The SMILES string of the molecule is CN(C)C(=O)[C@]12CC[C@@H](C[C@@H]1O)C2(C)C. The van der Waals surface area contributed by atoms with E-state index in [9.17, 15) is 9.90 Å². The number of carbonyl (C=O) groups excluding carboxylic acids is 1. The fourth-order valence-electron chi connectivity index (χ4n) is 3.85. The molecule has 3 heteroatoms. The van der Waals surface area contributed by atoms with Gasteiger partial charge in [-0.05, 0) is 30.6 Å². The summed E-state index contributed by atoms with van der Waals surface area (Å²) in [5.74, 6) is 0.622. The number of hydrogen-bond donors (Lipinski definition) is 1. The Morgan fingerprint density at radius 2 is 2.00 bits per heavy atom. The highest BCUT2D eigenvalue weighted by Gasteiger charge is 2.67. The first-order chi connectivity index (χ1) is 6.84. The molecule has 0 unspecified atom stereocenters. The average Bonchev–Trinajstić information content (AvgIpc) is 2.49. The fraction of sp³-hybridized carbons (Fsp3) is 0.917. The maximum Gasteiger partial charge on any atom is 0.231 e. The van der Waals surface area contributed by atoms with E-state index in [0.29, 0.717) is 5.92 Å². The maximum atomic E-state index is 12.3. The number of nitrogens with zero attached hydrogens (tertiary/aromatic N) is 1. The predicted octanol–water partition coefficient (Wildman–Crippen LogP) is 1.26. The van der Waals surface area contributed by atoms with Crippen LogP contribution in [0.5, 0.6) is 0 Å². The van der Waals surface area contributed by atoms with Gasteiger partial charge in [0.25, 0.3) is 0 Å². The van der Waals surface area contributed by atoms with Crippen LogP contribution in [0.4, 0.5) is 0 Å². The van der Waals surface area contributed by atoms with Gasteiger partial charge in [0.05, 0.1) is 11.5 Å². The van der Waals surface area contributed by atoms with Crippen molar-refractivity contribution in [1.29, 1.82) is 0 Å². The summed E-state index contributed by atoms with van der Waals surface area (Å²) in [6.45, 7) is 4.28. The molecule has 3 atom stereocenters. The first-order valence-electron chi connectivity index (χ1n) is 5.74. The van der Waals surface area contributed by atoms with Crippen molar-refractivity contribution in [2.45, 2.75) is 39.2 Å². The van der Waals surface area contributed by atoms with Crippen LogP contribution in [-0.2, 0) is 4.79 Å². The quantitative estimate of drug-likeness (QED) is 0.709. The molecule has 15 heavy (non-hydrogen) atoms. The van der Waals surface area contributed by atoms with E-state index in [0.717, 1.165) is 19.3 Å². The minimum atomic E-state index is -0.513. The van der Waals surface area contributed by atoms with Crippen molar-refractivity contribution in [3.8, 4) is 0 Å². The zero-order chi connectivity index (χ0) is 11.4. The smallest absolute Gasteiger partial charge is 0.231 e. The summed E-state index contributed by atoms with van der Waals surface area (Å²) in [5, 5.41) is 10.2. The van der Waals surface area contributed by atoms with Gasteiger partial charge in [-0.25, -0.2) is 0 Å². The number of aliphatic hydroxyl groups excluding tert-OH is 1. The highest BCUT2D eigenvalue weighted by molar-refractivity contribution is 5.85. The van der Waals surface area contributed by atoms with Crippen molar-refractivity contribution in [1.82, 2.24) is 4.90 Å². The maximum absolute atomic E-state index is 12.3. The van der Waals surface area contributed by atoms with Gasteiger partial charge in [0.2, 0.25) is 5.91 Å². The molecule has 2 saturated carbocycles. The molecule has 0 heterocycles. The van der Waals surface area contributed by atoms with Crippen LogP contribution in [-0.4, -0.2) is 36.1 Å². The van der Waals surface area contributed by atoms with E-state index < -0.39 is 11.5 Å². The molecule has 3 nitrogen and oxygen atoms in total. The Bertz CT molecular complexity index is 298. The third-order valence-corrected chi connectivity index (χ3v) is 4.92. The van der Waals surface area contributed by atoms with Crippen molar-refractivity contribution >= 4 is 5.91 Å². The summed E-state index contributed by atoms with van der Waals surface area (Å²) >= 11 is 0. The summed E-state index contributed by atoms with van der Waals surface area (Å²) in [5.41, 5.74) is -0.561. The Morgan fingerprint density at radius 1 is 1.40 bits per heavy atom. The van der Waals surface area contributed by atoms with Gasteiger partial charge in [0.15, 0.2) is 0 Å². The monoisotopic (exact) mass is 211 g/mol. The van der Waals surface area contributed by atoms with Gasteiger partial charge in [-0.2, -0.15) is 0 Å². The Hall–Kier alpha value is -0.570. The summed E-state index contributed by atoms with van der Waals surface area (Å²) in [4.78, 5) is 14.0. The lowest BCUT2D eigenvalue weighted by Crippen LogP contribution is -2.50. The van der Waals surface area contributed by atoms with E-state index in [4.69, 9.17) is 0 Å². The van der Waals surface area contributed by atoms with E-state index in [1.807, 2.05) is 0 Å². The van der Waals surface area contributed by atoms with Crippen LogP contribution in [0, 0.1) is 16.7 Å². The second-order valence-corrected chi connectivity index (χ2v) is 5.88. The largest absolute Gasteiger partial charge is 0.392 e. The number of rotatable bonds is 1. The van der Waals surface area contributed by atoms with Gasteiger partial charge in [-0.3, -0.25) is 4.79 Å². The van der Waals surface area contributed by atoms with Crippen LogP contribution in [0.25, 0.3) is 0 Å². The molecule has 0 spiro atoms. The van der Waals surface area contributed by atoms with Gasteiger partial charge in [-0.1, -0.05) is 13.8 Å². The second kappa shape index (κ2) is 2.97. The Balaban J connectivity index is 2.44. The number of aliphatic hydroxyl groups is 1. The molecule has 0 aliphatic heterocycles. The van der Waals surface area contributed by atoms with E-state index in [1.54, 1.807) is 19.0 Å². The topological polar surface area (TPSA) is 40.5 Å². The van der Waals surface area contributed by atoms with Gasteiger partial charge in [-0.15, -0.1) is 0 Å². The number of amides is 1. The minimum Gasteiger partial charge on any atom is -0.392 e. The molecule has 2 aliphatic carbocycles. The molecule has 2 aliphatic rings. The van der Waals surface area contributed by atoms with Crippen molar-refractivity contribution in [2.75, 3.05) is 14.1 Å². The standard InChI is InChI=1S/C12H21NO2/c1-11(2)8-5-6-12(11,9(14)7-8)10(15)13(3)4/h8-9,14H,5-7H2,1-4H3/t8-,9-,12-/m0/s1. The molecule has 2 bridgehead atoms. The minimum absolute atomic E-state index is 0.0478. The van der Waals surface area contributed by atoms with Gasteiger partial charge >= 0.3 is 0 Å². The average molecular weight is 211 g/mol. The van der Waals surface area contributed by atoms with Crippen molar-refractivity contribution in [3.05, 3.63) is 0 Å². The summed E-state index contributed by atoms with van der Waals surface area (Å²) in [7, 11) is 3.57. The predicted molar refractivity (Wildman–Crippen MR) is 58.3 cm³/mol. The molecule has 2 rings (SSSR count). The van der Waals surface area contributed by atoms with E-state index in [-0.39, 0.29) is 11.3 Å². The molecule has 1 N–H and O–H groups in total. The first kappa shape index (κ1) is 10.9. The Labute approximate surface area is 91.5 Å². The third-order valence-electron chi connectivity index (χ3n) is 4.92. The normalized spacial score (nSPS) is 41.9. The molecule has 0 aromatic rings. The van der Waals surface area contributed by atoms with Crippen LogP contribution in [0.2, 0.25) is 0 Å². The number of fused-ring (bicyclic) bond motifs is 2. The van der Waals surface area contributed by atoms with E-state index in [1.165, 1.54) is 0 Å². The van der Waals surface area contributed by atoms with E-state index in [2.05, 4.69) is 13.8 Å². The van der Waals surface area contributed by atoms with Crippen molar-refractivity contribution in [2.24, 2.45) is 16.7 Å². The molecule has 0 aromatic carbocycles. The van der Waals surface area contributed by atoms with E-state index >= 15 is 0 Å². The number of carbonyl (C=O) groups is 1. The van der Waals surface area contributed by atoms with Crippen molar-refractivity contribution in [3.63, 3.8) is 0 Å². The second-order valence-electron chi connectivity index (χ2n) is 5.88. The highest BCUT2D eigenvalue weighted by Crippen LogP contribution is 2.66. The van der Waals surface area contributed by atoms with Crippen LogP contribution in [0.3, 0.4) is 0 Å². The van der Waals surface area contributed by atoms with Crippen LogP contribution in [0.15, 0.2) is 0 Å². The zero-order valence-electron chi connectivity index (χ0n) is 10.1. The molecule has 1 amide bonds. The lowest BCUT2D eigenvalue weighted by molar-refractivity contribution is -0.151. The lowest BCUT2D eigenvalue weighted by atomic mass is 9.67. The molecular weight excluding hydrogens is 190 g/mol. The van der Waals surface area contributed by atoms with Crippen LogP contribution < -0.4 is 0 Å². The Kier molecular flexibility index (Phi) is 2.16. The van der Waals surface area contributed by atoms with Gasteiger partial charge in [0.1, 0.15) is 0 Å². The molecule has 86 valence electrons. The molecule has 0 saturated heterocycles. The fourth-order valence-corrected chi connectivity index (χ4v) is 3.85. The van der Waals surface area contributed by atoms with Crippen molar-refractivity contribution < 1.29 is 9.90 Å². The molecule has 0 radical (unpaired) electrons. The first-order valence-corrected chi connectivity index (χ1v) is 5.74. The summed E-state index contributed by atoms with van der Waals surface area (Å²) < 4.78 is 0. The summed E-state index contributed by atoms with van der Waals surface area (Å²) in [6, 6.07) is 0. The molecule has 0 aromatic heterocycles. The highest BCUT2D eigenvalue weighted by atomic mass is 16.3. The number of hydrogen-bond acceptors (Lipinski definition) is 2. The third kappa shape index (κ3) is 1.07. The lowest BCUT2D eigenvalue weighted by Gasteiger charge is -2.40. The van der Waals surface area contributed by atoms with Crippen LogP contribution >= 0.6 is 0 Å². The van der Waals surface area contributed by atoms with Crippen LogP contribution in [0.1, 0.15) is 33.1 Å². The summed E-state index contributed by atoms with van der Waals surface area (Å²) in [6.07, 6.45) is 2.29. The Morgan fingerprint density at radius 3 is 2.33 bits per heavy atom. The van der Waals surface area contributed by atoms with Gasteiger partial charge in [0, 0.05) is 14.1 Å². The molecule has 2 fully saturated rings.